The number of alkyl halides is 3. The van der Waals surface area contributed by atoms with E-state index in [4.69, 9.17) is 0 Å². The van der Waals surface area contributed by atoms with E-state index < -0.39 is 11.7 Å². The van der Waals surface area contributed by atoms with Crippen LogP contribution in [0.5, 0.6) is 0 Å². The van der Waals surface area contributed by atoms with Crippen molar-refractivity contribution in [3.8, 4) is 5.69 Å². The fourth-order valence-electron chi connectivity index (χ4n) is 2.54. The molecule has 1 atom stereocenters. The third-order valence-electron chi connectivity index (χ3n) is 3.81. The molecule has 1 N–H and O–H groups in total. The molecule has 1 saturated heterocycles. The highest BCUT2D eigenvalue weighted by Gasteiger charge is 2.30. The zero-order valence-electron chi connectivity index (χ0n) is 12.7. The van der Waals surface area contributed by atoms with E-state index in [0.717, 1.165) is 31.4 Å². The number of carbonyl (C=O) groups is 1. The Kier molecular flexibility index (Phi) is 4.84. The molecule has 1 aromatic carbocycles. The average molecular weight is 355 g/mol. The molecular weight excluding hydrogens is 339 g/mol. The Morgan fingerprint density at radius 1 is 1.21 bits per heavy atom. The van der Waals surface area contributed by atoms with Crippen molar-refractivity contribution in [2.45, 2.75) is 35.8 Å². The molecule has 2 aromatic rings. The molecule has 0 saturated carbocycles. The Labute approximate surface area is 141 Å². The molecule has 1 aliphatic heterocycles. The number of hydrogen-bond donors (Lipinski definition) is 1. The lowest BCUT2D eigenvalue weighted by atomic mass is 10.2. The summed E-state index contributed by atoms with van der Waals surface area (Å²) in [7, 11) is 0. The van der Waals surface area contributed by atoms with E-state index in [-0.39, 0.29) is 11.2 Å². The molecule has 3 rings (SSSR count). The van der Waals surface area contributed by atoms with Crippen molar-refractivity contribution in [3.63, 3.8) is 0 Å². The van der Waals surface area contributed by atoms with Crippen LogP contribution in [0.3, 0.4) is 0 Å². The van der Waals surface area contributed by atoms with Gasteiger partial charge in [0.15, 0.2) is 5.16 Å². The summed E-state index contributed by atoms with van der Waals surface area (Å²) in [5, 5.41) is 3.23. The highest BCUT2D eigenvalue weighted by molar-refractivity contribution is 8.00. The summed E-state index contributed by atoms with van der Waals surface area (Å²) in [6.45, 7) is 0.684. The Balaban J connectivity index is 1.81. The maximum absolute atomic E-state index is 12.7. The molecule has 2 heterocycles. The third-order valence-corrected chi connectivity index (χ3v) is 5.06. The molecule has 1 unspecified atom stereocenters. The first kappa shape index (κ1) is 16.9. The summed E-state index contributed by atoms with van der Waals surface area (Å²) in [5.41, 5.74) is -0.110. The van der Waals surface area contributed by atoms with Gasteiger partial charge in [0.25, 0.3) is 0 Å². The van der Waals surface area contributed by atoms with Crippen molar-refractivity contribution in [3.05, 3.63) is 42.2 Å². The quantitative estimate of drug-likeness (QED) is 0.914. The smallest absolute Gasteiger partial charge is 0.355 e. The van der Waals surface area contributed by atoms with Gasteiger partial charge in [-0.1, -0.05) is 18.2 Å². The molecule has 1 aliphatic rings. The summed E-state index contributed by atoms with van der Waals surface area (Å²) in [6.07, 6.45) is 1.57. The van der Waals surface area contributed by atoms with Gasteiger partial charge >= 0.3 is 6.18 Å². The van der Waals surface area contributed by atoms with Crippen LogP contribution in [0.2, 0.25) is 0 Å². The SMILES string of the molecule is O=C1NCCCCC1Sc1nccn1-c1ccc(C(F)(F)F)cc1. The summed E-state index contributed by atoms with van der Waals surface area (Å²) in [6, 6.07) is 4.90. The topological polar surface area (TPSA) is 46.9 Å². The van der Waals surface area contributed by atoms with E-state index in [9.17, 15) is 18.0 Å². The average Bonchev–Trinajstić information content (AvgIpc) is 2.91. The van der Waals surface area contributed by atoms with Crippen molar-refractivity contribution in [2.24, 2.45) is 0 Å². The number of nitrogens with one attached hydrogen (secondary N) is 1. The zero-order chi connectivity index (χ0) is 17.2. The number of carbonyl (C=O) groups excluding carboxylic acids is 1. The predicted molar refractivity (Wildman–Crippen MR) is 85.1 cm³/mol. The van der Waals surface area contributed by atoms with Crippen LogP contribution < -0.4 is 5.32 Å². The van der Waals surface area contributed by atoms with Crippen LogP contribution in [0.25, 0.3) is 5.69 Å². The molecule has 8 heteroatoms. The molecule has 1 amide bonds. The second kappa shape index (κ2) is 6.88. The van der Waals surface area contributed by atoms with Crippen LogP contribution >= 0.6 is 11.8 Å². The zero-order valence-corrected chi connectivity index (χ0v) is 13.5. The lowest BCUT2D eigenvalue weighted by Crippen LogP contribution is -2.30. The number of thioether (sulfide) groups is 1. The summed E-state index contributed by atoms with van der Waals surface area (Å²) >= 11 is 1.34. The van der Waals surface area contributed by atoms with E-state index in [1.54, 1.807) is 17.0 Å². The highest BCUT2D eigenvalue weighted by atomic mass is 32.2. The number of aromatic nitrogens is 2. The number of nitrogens with zero attached hydrogens (tertiary/aromatic N) is 2. The van der Waals surface area contributed by atoms with Crippen molar-refractivity contribution >= 4 is 17.7 Å². The largest absolute Gasteiger partial charge is 0.416 e. The molecule has 4 nitrogen and oxygen atoms in total. The summed E-state index contributed by atoms with van der Waals surface area (Å²) in [4.78, 5) is 16.3. The Morgan fingerprint density at radius 2 is 1.96 bits per heavy atom. The second-order valence-electron chi connectivity index (χ2n) is 5.52. The van der Waals surface area contributed by atoms with E-state index in [0.29, 0.717) is 17.4 Å². The van der Waals surface area contributed by atoms with Crippen molar-refractivity contribution in [2.75, 3.05) is 6.54 Å². The molecule has 0 radical (unpaired) electrons. The van der Waals surface area contributed by atoms with Gasteiger partial charge in [-0.05, 0) is 37.1 Å². The maximum atomic E-state index is 12.7. The Bertz CT molecular complexity index is 712. The summed E-state index contributed by atoms with van der Waals surface area (Å²) < 4.78 is 39.7. The molecule has 1 fully saturated rings. The van der Waals surface area contributed by atoms with Crippen LogP contribution in [0, 0.1) is 0 Å². The minimum atomic E-state index is -4.36. The van der Waals surface area contributed by atoms with Gasteiger partial charge in [-0.2, -0.15) is 13.2 Å². The monoisotopic (exact) mass is 355 g/mol. The number of hydrogen-bond acceptors (Lipinski definition) is 3. The van der Waals surface area contributed by atoms with Crippen molar-refractivity contribution in [1.82, 2.24) is 14.9 Å². The second-order valence-corrected chi connectivity index (χ2v) is 6.69. The molecule has 24 heavy (non-hydrogen) atoms. The van der Waals surface area contributed by atoms with Gasteiger partial charge in [0.2, 0.25) is 5.91 Å². The predicted octanol–water partition coefficient (Wildman–Crippen LogP) is 3.65. The number of rotatable bonds is 3. The number of benzene rings is 1. The third kappa shape index (κ3) is 3.75. The lowest BCUT2D eigenvalue weighted by molar-refractivity contribution is -0.137. The fraction of sp³-hybridized carbons (Fsp3) is 0.375. The van der Waals surface area contributed by atoms with Gasteiger partial charge in [-0.15, -0.1) is 0 Å². The first-order valence-electron chi connectivity index (χ1n) is 7.60. The van der Waals surface area contributed by atoms with Gasteiger partial charge in [0.1, 0.15) is 0 Å². The van der Waals surface area contributed by atoms with Gasteiger partial charge in [-0.3, -0.25) is 9.36 Å². The maximum Gasteiger partial charge on any atom is 0.416 e. The normalized spacial score (nSPS) is 19.0. The molecule has 0 spiro atoms. The van der Waals surface area contributed by atoms with Crippen LogP contribution in [-0.4, -0.2) is 27.3 Å². The lowest BCUT2D eigenvalue weighted by Gasteiger charge is -2.14. The van der Waals surface area contributed by atoms with Crippen molar-refractivity contribution < 1.29 is 18.0 Å². The Morgan fingerprint density at radius 3 is 2.67 bits per heavy atom. The van der Waals surface area contributed by atoms with E-state index in [1.165, 1.54) is 23.9 Å². The van der Waals surface area contributed by atoms with Crippen LogP contribution in [0.15, 0.2) is 41.8 Å². The standard InChI is InChI=1S/C16H16F3N3OS/c17-16(18,19)11-4-6-12(7-5-11)22-10-9-21-15(22)24-13-3-1-2-8-20-14(13)23/h4-7,9-10,13H,1-3,8H2,(H,20,23). The van der Waals surface area contributed by atoms with Gasteiger partial charge in [-0.25, -0.2) is 4.98 Å². The van der Waals surface area contributed by atoms with Gasteiger partial charge in [0, 0.05) is 24.6 Å². The number of amides is 1. The Hall–Kier alpha value is -1.96. The van der Waals surface area contributed by atoms with Crippen LogP contribution in [-0.2, 0) is 11.0 Å². The van der Waals surface area contributed by atoms with Crippen LogP contribution in [0.1, 0.15) is 24.8 Å². The highest BCUT2D eigenvalue weighted by Crippen LogP contribution is 2.31. The first-order valence-corrected chi connectivity index (χ1v) is 8.48. The van der Waals surface area contributed by atoms with Gasteiger partial charge < -0.3 is 5.32 Å². The molecule has 1 aromatic heterocycles. The first-order chi connectivity index (χ1) is 11.4. The van der Waals surface area contributed by atoms with E-state index in [2.05, 4.69) is 10.3 Å². The molecule has 0 bridgehead atoms. The number of imidazole rings is 1. The number of halogens is 3. The van der Waals surface area contributed by atoms with E-state index in [1.807, 2.05) is 0 Å². The van der Waals surface area contributed by atoms with Crippen LogP contribution in [0.4, 0.5) is 13.2 Å². The van der Waals surface area contributed by atoms with Crippen molar-refractivity contribution in [1.29, 1.82) is 0 Å². The molecule has 0 aliphatic carbocycles. The minimum absolute atomic E-state index is 0.0144. The van der Waals surface area contributed by atoms with Gasteiger partial charge in [0.05, 0.1) is 10.8 Å². The fourth-order valence-corrected chi connectivity index (χ4v) is 3.67. The summed E-state index contributed by atoms with van der Waals surface area (Å²) in [5.74, 6) is -0.0144. The van der Waals surface area contributed by atoms with E-state index >= 15 is 0 Å². The molecule has 128 valence electrons. The minimum Gasteiger partial charge on any atom is -0.355 e. The molecular formula is C16H16F3N3OS.